The summed E-state index contributed by atoms with van der Waals surface area (Å²) in [5.74, 6) is 0.555. The van der Waals surface area contributed by atoms with Crippen molar-refractivity contribution in [3.05, 3.63) is 66.1 Å². The highest BCUT2D eigenvalue weighted by Gasteiger charge is 2.29. The number of aromatic nitrogens is 6. The van der Waals surface area contributed by atoms with Gasteiger partial charge < -0.3 is 9.47 Å². The van der Waals surface area contributed by atoms with Gasteiger partial charge in [0.2, 0.25) is 16.0 Å². The number of nitrogens with zero attached hydrogens (tertiary/aromatic N) is 6. The van der Waals surface area contributed by atoms with Crippen LogP contribution in [0.5, 0.6) is 11.5 Å². The van der Waals surface area contributed by atoms with Crippen molar-refractivity contribution in [3.8, 4) is 28.7 Å². The first-order chi connectivity index (χ1) is 17.2. The third-order valence-electron chi connectivity index (χ3n) is 5.34. The number of methoxy groups -OCH3 is 2. The molecule has 3 heterocycles. The number of hydrogen-bond donors (Lipinski definition) is 1. The number of nitrogens with one attached hydrogen (secondary N) is 1. The number of pyridine rings is 1. The van der Waals surface area contributed by atoms with Gasteiger partial charge >= 0.3 is 0 Å². The average molecular weight is 514 g/mol. The van der Waals surface area contributed by atoms with Crippen LogP contribution in [-0.4, -0.2) is 57.6 Å². The molecule has 0 saturated carbocycles. The van der Waals surface area contributed by atoms with E-state index in [1.165, 1.54) is 25.7 Å². The van der Waals surface area contributed by atoms with Gasteiger partial charge in [-0.1, -0.05) is 6.07 Å². The molecule has 1 atom stereocenters. The molecule has 1 N–H and O–H groups in total. The third kappa shape index (κ3) is 5.10. The van der Waals surface area contributed by atoms with Crippen LogP contribution in [0.3, 0.4) is 0 Å². The van der Waals surface area contributed by atoms with Crippen LogP contribution in [0.2, 0.25) is 0 Å². The van der Waals surface area contributed by atoms with Crippen molar-refractivity contribution in [2.24, 2.45) is 0 Å². The number of benzene rings is 1. The molecule has 0 radical (unpaired) electrons. The fourth-order valence-corrected chi connectivity index (χ4v) is 4.43. The zero-order valence-corrected chi connectivity index (χ0v) is 20.8. The molecule has 13 heteroatoms. The summed E-state index contributed by atoms with van der Waals surface area (Å²) in [5.41, 5.74) is 1.78. The Hall–Kier alpha value is -4.13. The predicted octanol–water partition coefficient (Wildman–Crippen LogP) is 2.96. The number of sulfonamides is 1. The van der Waals surface area contributed by atoms with E-state index in [-0.39, 0.29) is 24.0 Å². The van der Waals surface area contributed by atoms with Crippen LogP contribution < -0.4 is 14.2 Å². The average Bonchev–Trinajstić information content (AvgIpc) is 3.27. The van der Waals surface area contributed by atoms with E-state index in [0.717, 1.165) is 18.0 Å². The van der Waals surface area contributed by atoms with Gasteiger partial charge in [-0.15, -0.1) is 10.2 Å². The predicted molar refractivity (Wildman–Crippen MR) is 130 cm³/mol. The van der Waals surface area contributed by atoms with Crippen LogP contribution in [0.4, 0.5) is 10.3 Å². The van der Waals surface area contributed by atoms with Gasteiger partial charge in [0, 0.05) is 12.6 Å². The lowest BCUT2D eigenvalue weighted by atomic mass is 10.2. The Labute approximate surface area is 207 Å². The fraction of sp³-hybridized carbons (Fsp3) is 0.261. The summed E-state index contributed by atoms with van der Waals surface area (Å²) in [6.45, 7) is 3.39. The minimum Gasteiger partial charge on any atom is -0.494 e. The molecule has 1 aromatic carbocycles. The molecule has 0 amide bonds. The Morgan fingerprint density at radius 1 is 1.06 bits per heavy atom. The molecule has 0 unspecified atom stereocenters. The summed E-state index contributed by atoms with van der Waals surface area (Å²) in [6, 6.07) is 8.78. The molecule has 188 valence electrons. The second kappa shape index (κ2) is 10.2. The molecule has 0 aliphatic rings. The van der Waals surface area contributed by atoms with E-state index < -0.39 is 21.1 Å². The Balaban J connectivity index is 1.81. The van der Waals surface area contributed by atoms with Gasteiger partial charge in [0.05, 0.1) is 31.9 Å². The van der Waals surface area contributed by atoms with Gasteiger partial charge in [-0.2, -0.15) is 0 Å². The molecule has 11 nitrogen and oxygen atoms in total. The molecule has 0 aliphatic heterocycles. The van der Waals surface area contributed by atoms with Crippen LogP contribution in [0.1, 0.15) is 18.3 Å². The number of hydrogen-bond acceptors (Lipinski definition) is 9. The lowest BCUT2D eigenvalue weighted by Gasteiger charge is -2.18. The van der Waals surface area contributed by atoms with Crippen LogP contribution in [0.25, 0.3) is 17.2 Å². The molecule has 0 aliphatic carbocycles. The first-order valence-electron chi connectivity index (χ1n) is 10.8. The smallest absolute Gasteiger partial charge is 0.243 e. The van der Waals surface area contributed by atoms with Crippen molar-refractivity contribution < 1.29 is 22.3 Å². The van der Waals surface area contributed by atoms with Gasteiger partial charge in [0.25, 0.3) is 0 Å². The van der Waals surface area contributed by atoms with Crippen LogP contribution >= 0.6 is 0 Å². The Morgan fingerprint density at radius 3 is 2.33 bits per heavy atom. The number of rotatable bonds is 9. The molecule has 0 spiro atoms. The summed E-state index contributed by atoms with van der Waals surface area (Å²) in [4.78, 5) is 12.1. The molecule has 3 aromatic heterocycles. The van der Waals surface area contributed by atoms with Crippen LogP contribution in [0, 0.1) is 12.7 Å². The Bertz CT molecular complexity index is 1450. The number of halogens is 1. The zero-order valence-electron chi connectivity index (χ0n) is 20.0. The zero-order chi connectivity index (χ0) is 25.9. The highest BCUT2D eigenvalue weighted by Crippen LogP contribution is 2.37. The van der Waals surface area contributed by atoms with E-state index in [0.29, 0.717) is 22.9 Å². The minimum atomic E-state index is -4.02. The van der Waals surface area contributed by atoms with Crippen molar-refractivity contribution in [3.63, 3.8) is 0 Å². The molecule has 4 aromatic rings. The summed E-state index contributed by atoms with van der Waals surface area (Å²) >= 11 is 0. The first-order valence-corrected chi connectivity index (χ1v) is 12.4. The summed E-state index contributed by atoms with van der Waals surface area (Å²) in [7, 11) is -1.04. The molecular weight excluding hydrogens is 489 g/mol. The normalized spacial score (nSPS) is 12.2. The van der Waals surface area contributed by atoms with Crippen molar-refractivity contribution in [2.45, 2.75) is 25.5 Å². The number of ether oxygens (including phenoxy) is 2. The molecule has 36 heavy (non-hydrogen) atoms. The molecule has 0 fully saturated rings. The number of aryl methyl sites for hydroxylation is 1. The van der Waals surface area contributed by atoms with E-state index in [4.69, 9.17) is 9.47 Å². The van der Waals surface area contributed by atoms with Crippen molar-refractivity contribution >= 4 is 16.0 Å². The molecule has 0 bridgehead atoms. The Kier molecular flexibility index (Phi) is 7.10. The van der Waals surface area contributed by atoms with Crippen molar-refractivity contribution in [1.82, 2.24) is 29.7 Å². The number of para-hydroxylation sites is 1. The monoisotopic (exact) mass is 513 g/mol. The summed E-state index contributed by atoms with van der Waals surface area (Å²) in [5, 5.41) is 7.39. The molecular formula is C23H24FN7O4S. The standard InChI is InChI=1S/C23H24FN7O4S/c1-14-8-9-25-17(10-14)22-28-29-23(31(22)21-18(34-3)6-5-7-19(21)35-4)30-36(32,33)15(2)11-20-26-12-16(24)13-27-20/h5-10,12-13,15H,11H2,1-4H3,(H,29,30)/t15-/m1/s1. The maximum Gasteiger partial charge on any atom is 0.243 e. The number of anilines is 1. The largest absolute Gasteiger partial charge is 0.494 e. The fourth-order valence-electron chi connectivity index (χ4n) is 3.48. The highest BCUT2D eigenvalue weighted by atomic mass is 32.2. The lowest BCUT2D eigenvalue weighted by Crippen LogP contribution is -2.29. The van der Waals surface area contributed by atoms with E-state index in [1.54, 1.807) is 30.5 Å². The third-order valence-corrected chi connectivity index (χ3v) is 7.03. The second-order valence-corrected chi connectivity index (χ2v) is 9.99. The molecule has 4 rings (SSSR count). The van der Waals surface area contributed by atoms with Crippen LogP contribution in [0.15, 0.2) is 48.9 Å². The maximum atomic E-state index is 13.3. The van der Waals surface area contributed by atoms with E-state index in [2.05, 4.69) is 29.9 Å². The topological polar surface area (TPSA) is 134 Å². The van der Waals surface area contributed by atoms with Crippen LogP contribution in [-0.2, 0) is 16.4 Å². The second-order valence-electron chi connectivity index (χ2n) is 7.89. The molecule has 0 saturated heterocycles. The summed E-state index contributed by atoms with van der Waals surface area (Å²) in [6.07, 6.45) is 3.55. The van der Waals surface area contributed by atoms with Gasteiger partial charge in [0.15, 0.2) is 11.6 Å². The SMILES string of the molecule is COc1cccc(OC)c1-n1c(NS(=O)(=O)[C@H](C)Cc2ncc(F)cn2)nnc1-c1cc(C)ccn1. The lowest BCUT2D eigenvalue weighted by molar-refractivity contribution is 0.391. The highest BCUT2D eigenvalue weighted by molar-refractivity contribution is 7.93. The van der Waals surface area contributed by atoms with Gasteiger partial charge in [-0.25, -0.2) is 22.8 Å². The van der Waals surface area contributed by atoms with E-state index in [9.17, 15) is 12.8 Å². The van der Waals surface area contributed by atoms with Gasteiger partial charge in [-0.05, 0) is 43.7 Å². The van der Waals surface area contributed by atoms with E-state index in [1.807, 2.05) is 13.0 Å². The maximum absolute atomic E-state index is 13.3. The quantitative estimate of drug-likeness (QED) is 0.358. The van der Waals surface area contributed by atoms with Crippen molar-refractivity contribution in [2.75, 3.05) is 18.9 Å². The van der Waals surface area contributed by atoms with E-state index >= 15 is 0 Å². The minimum absolute atomic E-state index is 0.0476. The Morgan fingerprint density at radius 2 is 1.72 bits per heavy atom. The first kappa shape index (κ1) is 25.0. The van der Waals surface area contributed by atoms with Gasteiger partial charge in [0.1, 0.15) is 28.7 Å². The summed E-state index contributed by atoms with van der Waals surface area (Å²) < 4.78 is 54.8. The van der Waals surface area contributed by atoms with Crippen molar-refractivity contribution in [1.29, 1.82) is 0 Å². The van der Waals surface area contributed by atoms with Gasteiger partial charge in [-0.3, -0.25) is 14.3 Å².